The van der Waals surface area contributed by atoms with Gasteiger partial charge in [-0.05, 0) is 12.5 Å². The van der Waals surface area contributed by atoms with E-state index in [-0.39, 0.29) is 32.7 Å². The lowest BCUT2D eigenvalue weighted by Gasteiger charge is -2.18. The number of nitrogens with one attached hydrogen (secondary N) is 3. The van der Waals surface area contributed by atoms with E-state index < -0.39 is 29.7 Å². The highest BCUT2D eigenvalue weighted by atomic mass is 16.5. The van der Waals surface area contributed by atoms with E-state index in [1.54, 1.807) is 6.92 Å². The van der Waals surface area contributed by atoms with Gasteiger partial charge in [0, 0.05) is 6.42 Å². The average Bonchev–Trinajstić information content (AvgIpc) is 2.64. The first-order valence-corrected chi connectivity index (χ1v) is 8.19. The summed E-state index contributed by atoms with van der Waals surface area (Å²) in [5.74, 6) is -2.12. The number of esters is 1. The smallest absolute Gasteiger partial charge is 0.325 e. The SMILES string of the molecule is CCOC(=O)CNC(=O)[C@H](Cc1ccccc1)NC(=O)CNC(=O)CN. The van der Waals surface area contributed by atoms with Gasteiger partial charge in [-0.1, -0.05) is 30.3 Å². The molecule has 1 atom stereocenters. The molecule has 0 saturated carbocycles. The van der Waals surface area contributed by atoms with Crippen molar-refractivity contribution in [1.82, 2.24) is 16.0 Å². The zero-order valence-corrected chi connectivity index (χ0v) is 14.6. The van der Waals surface area contributed by atoms with Crippen LogP contribution in [-0.2, 0) is 30.3 Å². The first kappa shape index (κ1) is 21.1. The van der Waals surface area contributed by atoms with E-state index in [4.69, 9.17) is 10.5 Å². The number of ether oxygens (including phenoxy) is 1. The third-order valence-electron chi connectivity index (χ3n) is 3.28. The van der Waals surface area contributed by atoms with Crippen LogP contribution in [0, 0.1) is 0 Å². The number of amides is 3. The third kappa shape index (κ3) is 8.25. The molecule has 1 aromatic rings. The minimum absolute atomic E-state index is 0.208. The molecule has 9 heteroatoms. The fraction of sp³-hybridized carbons (Fsp3) is 0.412. The lowest BCUT2D eigenvalue weighted by molar-refractivity contribution is -0.143. The second kappa shape index (κ2) is 11.6. The van der Waals surface area contributed by atoms with Gasteiger partial charge < -0.3 is 26.4 Å². The molecule has 0 unspecified atom stereocenters. The molecule has 0 aliphatic rings. The van der Waals surface area contributed by atoms with E-state index in [9.17, 15) is 19.2 Å². The molecule has 0 aliphatic carbocycles. The van der Waals surface area contributed by atoms with E-state index >= 15 is 0 Å². The van der Waals surface area contributed by atoms with Gasteiger partial charge in [-0.3, -0.25) is 19.2 Å². The molecule has 0 spiro atoms. The van der Waals surface area contributed by atoms with E-state index in [0.29, 0.717) is 0 Å². The Morgan fingerprint density at radius 2 is 1.73 bits per heavy atom. The standard InChI is InChI=1S/C17H24N4O5/c1-2-26-16(24)11-20-17(25)13(8-12-6-4-3-5-7-12)21-15(23)10-19-14(22)9-18/h3-7,13H,2,8-11,18H2,1H3,(H,19,22)(H,20,25)(H,21,23)/t13-/m0/s1. The summed E-state index contributed by atoms with van der Waals surface area (Å²) in [6.07, 6.45) is 0.228. The van der Waals surface area contributed by atoms with Gasteiger partial charge in [0.1, 0.15) is 12.6 Å². The zero-order valence-electron chi connectivity index (χ0n) is 14.6. The van der Waals surface area contributed by atoms with Crippen LogP contribution in [0.1, 0.15) is 12.5 Å². The Hall–Kier alpha value is -2.94. The molecule has 142 valence electrons. The van der Waals surface area contributed by atoms with Gasteiger partial charge in [0.05, 0.1) is 19.7 Å². The zero-order chi connectivity index (χ0) is 19.4. The number of benzene rings is 1. The van der Waals surface area contributed by atoms with Crippen molar-refractivity contribution >= 4 is 23.7 Å². The quantitative estimate of drug-likeness (QED) is 0.371. The number of hydrogen-bond acceptors (Lipinski definition) is 6. The van der Waals surface area contributed by atoms with Crippen LogP contribution in [0.4, 0.5) is 0 Å². The van der Waals surface area contributed by atoms with Crippen LogP contribution in [0.25, 0.3) is 0 Å². The second-order valence-electron chi connectivity index (χ2n) is 5.31. The van der Waals surface area contributed by atoms with Gasteiger partial charge in [0.25, 0.3) is 0 Å². The van der Waals surface area contributed by atoms with Gasteiger partial charge in [0.2, 0.25) is 17.7 Å². The van der Waals surface area contributed by atoms with Crippen molar-refractivity contribution in [2.24, 2.45) is 5.73 Å². The number of hydrogen-bond donors (Lipinski definition) is 4. The van der Waals surface area contributed by atoms with Crippen molar-refractivity contribution in [3.63, 3.8) is 0 Å². The number of nitrogens with two attached hydrogens (primary N) is 1. The van der Waals surface area contributed by atoms with Crippen LogP contribution in [0.5, 0.6) is 0 Å². The van der Waals surface area contributed by atoms with Gasteiger partial charge in [0.15, 0.2) is 0 Å². The second-order valence-corrected chi connectivity index (χ2v) is 5.31. The first-order chi connectivity index (χ1) is 12.5. The highest BCUT2D eigenvalue weighted by Gasteiger charge is 2.22. The minimum Gasteiger partial charge on any atom is -0.465 e. The minimum atomic E-state index is -0.908. The summed E-state index contributed by atoms with van der Waals surface area (Å²) in [6.45, 7) is 1.04. The van der Waals surface area contributed by atoms with Crippen LogP contribution in [-0.4, -0.2) is 56.0 Å². The molecule has 0 saturated heterocycles. The van der Waals surface area contributed by atoms with Crippen molar-refractivity contribution < 1.29 is 23.9 Å². The number of rotatable bonds is 10. The van der Waals surface area contributed by atoms with E-state index in [0.717, 1.165) is 5.56 Å². The van der Waals surface area contributed by atoms with Crippen LogP contribution >= 0.6 is 0 Å². The third-order valence-corrected chi connectivity index (χ3v) is 3.28. The fourth-order valence-corrected chi connectivity index (χ4v) is 2.05. The van der Waals surface area contributed by atoms with Crippen molar-refractivity contribution in [2.45, 2.75) is 19.4 Å². The molecule has 1 rings (SSSR count). The lowest BCUT2D eigenvalue weighted by atomic mass is 10.1. The van der Waals surface area contributed by atoms with Gasteiger partial charge in [-0.2, -0.15) is 0 Å². The fourth-order valence-electron chi connectivity index (χ4n) is 2.05. The molecule has 0 fully saturated rings. The normalized spacial score (nSPS) is 11.2. The van der Waals surface area contributed by atoms with Gasteiger partial charge >= 0.3 is 5.97 Å². The summed E-state index contributed by atoms with van der Waals surface area (Å²) in [4.78, 5) is 46.8. The average molecular weight is 364 g/mol. The molecule has 1 aromatic carbocycles. The molecule has 0 radical (unpaired) electrons. The van der Waals surface area contributed by atoms with Crippen LogP contribution in [0.3, 0.4) is 0 Å². The van der Waals surface area contributed by atoms with E-state index in [2.05, 4.69) is 16.0 Å². The Kier molecular flexibility index (Phi) is 9.40. The summed E-state index contributed by atoms with van der Waals surface area (Å²) in [7, 11) is 0. The maximum atomic E-state index is 12.3. The molecule has 0 bridgehead atoms. The molecule has 0 aromatic heterocycles. The van der Waals surface area contributed by atoms with E-state index in [1.165, 1.54) is 0 Å². The highest BCUT2D eigenvalue weighted by molar-refractivity contribution is 5.91. The van der Waals surface area contributed by atoms with Crippen molar-refractivity contribution in [3.05, 3.63) is 35.9 Å². The Labute approximate surface area is 151 Å². The first-order valence-electron chi connectivity index (χ1n) is 8.19. The molecule has 0 aliphatic heterocycles. The molecule has 9 nitrogen and oxygen atoms in total. The largest absolute Gasteiger partial charge is 0.465 e. The van der Waals surface area contributed by atoms with Crippen molar-refractivity contribution in [3.8, 4) is 0 Å². The Balaban J connectivity index is 2.68. The Bertz CT molecular complexity index is 621. The van der Waals surface area contributed by atoms with Crippen LogP contribution in [0.2, 0.25) is 0 Å². The Morgan fingerprint density at radius 1 is 1.04 bits per heavy atom. The molecular formula is C17H24N4O5. The number of carbonyl (C=O) groups excluding carboxylic acids is 4. The van der Waals surface area contributed by atoms with Crippen molar-refractivity contribution in [2.75, 3.05) is 26.2 Å². The molecule has 3 amide bonds. The predicted octanol–water partition coefficient (Wildman–Crippen LogP) is -1.53. The maximum Gasteiger partial charge on any atom is 0.325 e. The summed E-state index contributed by atoms with van der Waals surface area (Å²) in [5.41, 5.74) is 5.98. The molecule has 26 heavy (non-hydrogen) atoms. The summed E-state index contributed by atoms with van der Waals surface area (Å²) in [6, 6.07) is 8.18. The lowest BCUT2D eigenvalue weighted by Crippen LogP contribution is -2.51. The summed E-state index contributed by atoms with van der Waals surface area (Å²) < 4.78 is 4.75. The molecule has 0 heterocycles. The van der Waals surface area contributed by atoms with Crippen LogP contribution in [0.15, 0.2) is 30.3 Å². The highest BCUT2D eigenvalue weighted by Crippen LogP contribution is 2.03. The van der Waals surface area contributed by atoms with Crippen molar-refractivity contribution in [1.29, 1.82) is 0 Å². The summed E-state index contributed by atoms with van der Waals surface area (Å²) >= 11 is 0. The van der Waals surface area contributed by atoms with E-state index in [1.807, 2.05) is 30.3 Å². The molecule has 5 N–H and O–H groups in total. The van der Waals surface area contributed by atoms with Crippen LogP contribution < -0.4 is 21.7 Å². The Morgan fingerprint density at radius 3 is 2.35 bits per heavy atom. The predicted molar refractivity (Wildman–Crippen MR) is 93.8 cm³/mol. The summed E-state index contributed by atoms with van der Waals surface area (Å²) in [5, 5.41) is 7.30. The molecular weight excluding hydrogens is 340 g/mol. The monoisotopic (exact) mass is 364 g/mol. The maximum absolute atomic E-state index is 12.3. The van der Waals surface area contributed by atoms with Gasteiger partial charge in [-0.15, -0.1) is 0 Å². The topological polar surface area (TPSA) is 140 Å². The number of carbonyl (C=O) groups is 4. The van der Waals surface area contributed by atoms with Gasteiger partial charge in [-0.25, -0.2) is 0 Å².